The summed E-state index contributed by atoms with van der Waals surface area (Å²) in [5.74, 6) is 0. The maximum atomic E-state index is 9.98. The number of hydrogen-bond donors (Lipinski definition) is 7. The Hall–Kier alpha value is -0.360. The third kappa shape index (κ3) is 3.94. The minimum Gasteiger partial charge on any atom is -0.395 e. The highest BCUT2D eigenvalue weighted by Gasteiger charge is 2.44. The van der Waals surface area contributed by atoms with Crippen LogP contribution < -0.4 is 22.5 Å². The van der Waals surface area contributed by atoms with E-state index in [4.69, 9.17) is 26.7 Å². The SMILES string of the molecule is NC[C@H]1O[C@H](O[C@@H]2CCN[C@@H](CO)C[C@H]2N)[C@H](N)[C@@H](O)[C@@H]1O. The van der Waals surface area contributed by atoms with Crippen LogP contribution in [-0.2, 0) is 9.47 Å². The molecule has 8 atom stereocenters. The van der Waals surface area contributed by atoms with E-state index in [-0.39, 0.29) is 31.3 Å². The molecule has 0 spiro atoms. The normalized spacial score (nSPS) is 47.2. The topological polar surface area (TPSA) is 169 Å². The van der Waals surface area contributed by atoms with Crippen LogP contribution in [0, 0.1) is 0 Å². The lowest BCUT2D eigenvalue weighted by atomic mass is 9.97. The molecule has 2 heterocycles. The van der Waals surface area contributed by atoms with Gasteiger partial charge in [-0.2, -0.15) is 0 Å². The molecule has 0 bridgehead atoms. The van der Waals surface area contributed by atoms with Crippen molar-refractivity contribution in [3.05, 3.63) is 0 Å². The van der Waals surface area contributed by atoms with E-state index >= 15 is 0 Å². The molecule has 0 amide bonds. The summed E-state index contributed by atoms with van der Waals surface area (Å²) >= 11 is 0. The first-order valence-corrected chi connectivity index (χ1v) is 7.70. The van der Waals surface area contributed by atoms with Crippen molar-refractivity contribution in [1.82, 2.24) is 5.32 Å². The molecule has 2 aliphatic heterocycles. The molecule has 22 heavy (non-hydrogen) atoms. The Kier molecular flexibility index (Phi) is 6.50. The fourth-order valence-corrected chi connectivity index (χ4v) is 2.96. The van der Waals surface area contributed by atoms with Gasteiger partial charge in [0.25, 0.3) is 0 Å². The summed E-state index contributed by atoms with van der Waals surface area (Å²) in [4.78, 5) is 0. The maximum absolute atomic E-state index is 9.98. The number of aliphatic hydroxyl groups excluding tert-OH is 3. The van der Waals surface area contributed by atoms with Crippen molar-refractivity contribution in [3.8, 4) is 0 Å². The number of hydrogen-bond acceptors (Lipinski definition) is 9. The van der Waals surface area contributed by atoms with E-state index in [0.29, 0.717) is 19.4 Å². The third-order valence-electron chi connectivity index (χ3n) is 4.41. The summed E-state index contributed by atoms with van der Waals surface area (Å²) in [6.45, 7) is 0.715. The van der Waals surface area contributed by atoms with Crippen LogP contribution in [0.5, 0.6) is 0 Å². The van der Waals surface area contributed by atoms with E-state index < -0.39 is 30.6 Å². The second kappa shape index (κ2) is 7.95. The molecule has 0 aromatic rings. The molecule has 130 valence electrons. The highest BCUT2D eigenvalue weighted by Crippen LogP contribution is 2.23. The van der Waals surface area contributed by atoms with Crippen molar-refractivity contribution in [2.24, 2.45) is 17.2 Å². The molecule has 0 aromatic carbocycles. The average molecular weight is 320 g/mol. The molecule has 0 saturated carbocycles. The van der Waals surface area contributed by atoms with Gasteiger partial charge in [0.2, 0.25) is 0 Å². The Bertz CT molecular complexity index is 348. The summed E-state index contributed by atoms with van der Waals surface area (Å²) in [7, 11) is 0. The van der Waals surface area contributed by atoms with Crippen molar-refractivity contribution >= 4 is 0 Å². The average Bonchev–Trinajstić information content (AvgIpc) is 2.69. The van der Waals surface area contributed by atoms with E-state index in [1.165, 1.54) is 0 Å². The van der Waals surface area contributed by atoms with Crippen molar-refractivity contribution < 1.29 is 24.8 Å². The van der Waals surface area contributed by atoms with Crippen molar-refractivity contribution in [2.75, 3.05) is 19.7 Å². The lowest BCUT2D eigenvalue weighted by molar-refractivity contribution is -0.272. The summed E-state index contributed by atoms with van der Waals surface area (Å²) in [5, 5.41) is 32.2. The Balaban J connectivity index is 1.99. The van der Waals surface area contributed by atoms with E-state index in [1.807, 2.05) is 0 Å². The largest absolute Gasteiger partial charge is 0.395 e. The molecule has 9 heteroatoms. The lowest BCUT2D eigenvalue weighted by Crippen LogP contribution is -2.64. The molecule has 0 radical (unpaired) electrons. The first kappa shape index (κ1) is 18.0. The molecule has 0 unspecified atom stereocenters. The summed E-state index contributed by atoms with van der Waals surface area (Å²) in [6, 6.07) is -1.23. The highest BCUT2D eigenvalue weighted by atomic mass is 16.7. The monoisotopic (exact) mass is 320 g/mol. The second-order valence-electron chi connectivity index (χ2n) is 6.03. The number of rotatable bonds is 4. The molecule has 9 nitrogen and oxygen atoms in total. The van der Waals surface area contributed by atoms with Gasteiger partial charge in [0, 0.05) is 18.6 Å². The van der Waals surface area contributed by atoms with Gasteiger partial charge in [0.15, 0.2) is 6.29 Å². The van der Waals surface area contributed by atoms with E-state index in [2.05, 4.69) is 5.32 Å². The van der Waals surface area contributed by atoms with Gasteiger partial charge >= 0.3 is 0 Å². The van der Waals surface area contributed by atoms with Crippen LogP contribution in [-0.4, -0.2) is 83.8 Å². The Morgan fingerprint density at radius 3 is 2.59 bits per heavy atom. The van der Waals surface area contributed by atoms with Gasteiger partial charge in [0.1, 0.15) is 18.3 Å². The van der Waals surface area contributed by atoms with Gasteiger partial charge in [-0.05, 0) is 19.4 Å². The number of aliphatic hydroxyl groups is 3. The molecule has 2 aliphatic rings. The highest BCUT2D eigenvalue weighted by molar-refractivity contribution is 4.93. The summed E-state index contributed by atoms with van der Waals surface area (Å²) < 4.78 is 11.4. The third-order valence-corrected chi connectivity index (χ3v) is 4.41. The standard InChI is InChI=1S/C13H28N4O5/c14-4-9-11(19)12(20)10(16)13(22-9)21-8-1-2-17-6(5-18)3-7(8)15/h6-13,17-20H,1-5,14-16H2/t6-,7-,8-,9-,10-,11-,12-,13+/m1/s1. The Labute approximate surface area is 129 Å². The van der Waals surface area contributed by atoms with Crippen LogP contribution in [0.1, 0.15) is 12.8 Å². The van der Waals surface area contributed by atoms with Gasteiger partial charge in [-0.3, -0.25) is 0 Å². The molecular formula is C13H28N4O5. The van der Waals surface area contributed by atoms with Crippen LogP contribution in [0.2, 0.25) is 0 Å². The van der Waals surface area contributed by atoms with Gasteiger partial charge in [-0.25, -0.2) is 0 Å². The van der Waals surface area contributed by atoms with Crippen LogP contribution in [0.15, 0.2) is 0 Å². The molecular weight excluding hydrogens is 292 g/mol. The predicted molar refractivity (Wildman–Crippen MR) is 78.7 cm³/mol. The number of nitrogens with two attached hydrogens (primary N) is 3. The molecule has 2 saturated heterocycles. The van der Waals surface area contributed by atoms with Gasteiger partial charge < -0.3 is 47.3 Å². The van der Waals surface area contributed by atoms with Crippen molar-refractivity contribution in [2.45, 2.75) is 61.7 Å². The maximum Gasteiger partial charge on any atom is 0.176 e. The van der Waals surface area contributed by atoms with Crippen LogP contribution in [0.3, 0.4) is 0 Å². The lowest BCUT2D eigenvalue weighted by Gasteiger charge is -2.42. The van der Waals surface area contributed by atoms with E-state index in [0.717, 1.165) is 0 Å². The molecule has 2 fully saturated rings. The first-order chi connectivity index (χ1) is 10.5. The molecule has 0 aromatic heterocycles. The van der Waals surface area contributed by atoms with Gasteiger partial charge in [-0.15, -0.1) is 0 Å². The zero-order valence-corrected chi connectivity index (χ0v) is 12.5. The van der Waals surface area contributed by atoms with Gasteiger partial charge in [0.05, 0.1) is 18.8 Å². The summed E-state index contributed by atoms with van der Waals surface area (Å²) in [5.41, 5.74) is 17.5. The van der Waals surface area contributed by atoms with E-state index in [9.17, 15) is 15.3 Å². The molecule has 10 N–H and O–H groups in total. The van der Waals surface area contributed by atoms with Crippen LogP contribution >= 0.6 is 0 Å². The van der Waals surface area contributed by atoms with E-state index in [1.54, 1.807) is 0 Å². The quantitative estimate of drug-likeness (QED) is 0.274. The van der Waals surface area contributed by atoms with Crippen LogP contribution in [0.25, 0.3) is 0 Å². The Morgan fingerprint density at radius 2 is 1.95 bits per heavy atom. The predicted octanol–water partition coefficient (Wildman–Crippen LogP) is -3.82. The number of nitrogens with one attached hydrogen (secondary N) is 1. The number of ether oxygens (including phenoxy) is 2. The smallest absolute Gasteiger partial charge is 0.176 e. The van der Waals surface area contributed by atoms with Gasteiger partial charge in [-0.1, -0.05) is 0 Å². The fourth-order valence-electron chi connectivity index (χ4n) is 2.96. The Morgan fingerprint density at radius 1 is 1.23 bits per heavy atom. The van der Waals surface area contributed by atoms with Crippen molar-refractivity contribution in [3.63, 3.8) is 0 Å². The van der Waals surface area contributed by atoms with Crippen LogP contribution in [0.4, 0.5) is 0 Å². The zero-order valence-electron chi connectivity index (χ0n) is 12.5. The first-order valence-electron chi connectivity index (χ1n) is 7.70. The molecule has 2 rings (SSSR count). The minimum atomic E-state index is -1.17. The summed E-state index contributed by atoms with van der Waals surface area (Å²) in [6.07, 6.45) is -3.04. The fraction of sp³-hybridized carbons (Fsp3) is 1.00. The molecule has 0 aliphatic carbocycles. The zero-order chi connectivity index (χ0) is 16.3. The second-order valence-corrected chi connectivity index (χ2v) is 6.03. The van der Waals surface area contributed by atoms with Crippen molar-refractivity contribution in [1.29, 1.82) is 0 Å². The minimum absolute atomic E-state index is 0.0139.